The van der Waals surface area contributed by atoms with Crippen molar-refractivity contribution in [3.05, 3.63) is 78.1 Å². The molecule has 2 aromatic carbocycles. The zero-order valence-corrected chi connectivity index (χ0v) is 11.7. The second-order valence-corrected chi connectivity index (χ2v) is 4.75. The molecule has 2 N–H and O–H groups in total. The van der Waals surface area contributed by atoms with Crippen LogP contribution in [0.2, 0.25) is 0 Å². The molecule has 0 saturated carbocycles. The zero-order chi connectivity index (χ0) is 15.4. The van der Waals surface area contributed by atoms with Gasteiger partial charge in [-0.3, -0.25) is 9.78 Å². The van der Waals surface area contributed by atoms with E-state index in [1.807, 2.05) is 36.4 Å². The summed E-state index contributed by atoms with van der Waals surface area (Å²) >= 11 is 0. The predicted octanol–water partition coefficient (Wildman–Crippen LogP) is 3.34. The Kier molecular flexibility index (Phi) is 3.83. The molecule has 1 amide bonds. The molecule has 4 nitrogen and oxygen atoms in total. The van der Waals surface area contributed by atoms with Gasteiger partial charge < -0.3 is 10.4 Å². The van der Waals surface area contributed by atoms with Crippen LogP contribution in [0.5, 0.6) is 5.75 Å². The van der Waals surface area contributed by atoms with Gasteiger partial charge >= 0.3 is 0 Å². The van der Waals surface area contributed by atoms with E-state index < -0.39 is 0 Å². The summed E-state index contributed by atoms with van der Waals surface area (Å²) in [4.78, 5) is 16.3. The highest BCUT2D eigenvalue weighted by Gasteiger charge is 2.13. The van der Waals surface area contributed by atoms with Crippen LogP contribution in [-0.4, -0.2) is 16.0 Å². The van der Waals surface area contributed by atoms with Gasteiger partial charge in [0.2, 0.25) is 0 Å². The molecule has 0 aliphatic heterocycles. The van der Waals surface area contributed by atoms with Crippen LogP contribution in [0, 0.1) is 0 Å². The summed E-state index contributed by atoms with van der Waals surface area (Å²) in [5.41, 5.74) is 1.60. The first-order valence-electron chi connectivity index (χ1n) is 6.85. The summed E-state index contributed by atoms with van der Waals surface area (Å²) in [6.07, 6.45) is 4.92. The van der Waals surface area contributed by atoms with Crippen LogP contribution in [0.3, 0.4) is 0 Å². The van der Waals surface area contributed by atoms with E-state index in [4.69, 9.17) is 0 Å². The maximum absolute atomic E-state index is 12.1. The summed E-state index contributed by atoms with van der Waals surface area (Å²) in [5.74, 6) is -0.485. The number of phenols is 1. The second-order valence-electron chi connectivity index (χ2n) is 4.75. The van der Waals surface area contributed by atoms with Gasteiger partial charge in [-0.1, -0.05) is 42.5 Å². The van der Waals surface area contributed by atoms with Crippen molar-refractivity contribution >= 4 is 22.9 Å². The van der Waals surface area contributed by atoms with Crippen LogP contribution in [0.1, 0.15) is 15.9 Å². The highest BCUT2D eigenvalue weighted by molar-refractivity contribution is 6.02. The fraction of sp³-hybridized carbons (Fsp3) is 0. The van der Waals surface area contributed by atoms with Gasteiger partial charge in [0.1, 0.15) is 5.52 Å². The van der Waals surface area contributed by atoms with Crippen molar-refractivity contribution in [2.75, 3.05) is 0 Å². The summed E-state index contributed by atoms with van der Waals surface area (Å²) in [5, 5.41) is 13.6. The van der Waals surface area contributed by atoms with Gasteiger partial charge in [0, 0.05) is 17.8 Å². The van der Waals surface area contributed by atoms with Gasteiger partial charge in [-0.15, -0.1) is 0 Å². The molecule has 0 atom stereocenters. The fourth-order valence-corrected chi connectivity index (χ4v) is 2.17. The number of amides is 1. The number of aromatic nitrogens is 1. The van der Waals surface area contributed by atoms with E-state index in [0.29, 0.717) is 5.52 Å². The number of fused-ring (bicyclic) bond motifs is 1. The minimum Gasteiger partial charge on any atom is -0.505 e. The minimum absolute atomic E-state index is 0.108. The SMILES string of the molecule is O=C(NC=Cc1ccccc1)c1ccc2cccnc2c1O. The molecule has 108 valence electrons. The number of benzene rings is 2. The number of rotatable bonds is 3. The molecule has 0 unspecified atom stereocenters. The molecule has 4 heteroatoms. The third kappa shape index (κ3) is 2.81. The Morgan fingerprint density at radius 1 is 1.05 bits per heavy atom. The Bertz CT molecular complexity index is 842. The van der Waals surface area contributed by atoms with Crippen molar-refractivity contribution in [2.45, 2.75) is 0 Å². The fourth-order valence-electron chi connectivity index (χ4n) is 2.17. The normalized spacial score (nSPS) is 10.9. The molecule has 0 saturated heterocycles. The minimum atomic E-state index is -0.378. The second kappa shape index (κ2) is 6.10. The maximum Gasteiger partial charge on any atom is 0.259 e. The molecule has 0 aliphatic carbocycles. The number of carbonyl (C=O) groups excluding carboxylic acids is 1. The topological polar surface area (TPSA) is 62.2 Å². The first-order valence-corrected chi connectivity index (χ1v) is 6.85. The average molecular weight is 290 g/mol. The summed E-state index contributed by atoms with van der Waals surface area (Å²) in [6.45, 7) is 0. The first-order chi connectivity index (χ1) is 10.8. The standard InChI is InChI=1S/C18H14N2O2/c21-17-15(9-8-14-7-4-11-19-16(14)17)18(22)20-12-10-13-5-2-1-3-6-13/h1-12,21H,(H,20,22). The van der Waals surface area contributed by atoms with Crippen LogP contribution in [0.15, 0.2) is 67.0 Å². The van der Waals surface area contributed by atoms with E-state index in [9.17, 15) is 9.90 Å². The Labute approximate surface area is 127 Å². The third-order valence-corrected chi connectivity index (χ3v) is 3.28. The highest BCUT2D eigenvalue weighted by Crippen LogP contribution is 2.26. The molecule has 0 fully saturated rings. The van der Waals surface area contributed by atoms with E-state index in [2.05, 4.69) is 10.3 Å². The zero-order valence-electron chi connectivity index (χ0n) is 11.7. The summed E-state index contributed by atoms with van der Waals surface area (Å²) < 4.78 is 0. The lowest BCUT2D eigenvalue weighted by Crippen LogP contribution is -2.17. The van der Waals surface area contributed by atoms with Gasteiger partial charge in [0.15, 0.2) is 5.75 Å². The van der Waals surface area contributed by atoms with Crippen molar-refractivity contribution in [2.24, 2.45) is 0 Å². The van der Waals surface area contributed by atoms with Gasteiger partial charge in [-0.25, -0.2) is 0 Å². The van der Waals surface area contributed by atoms with E-state index in [1.54, 1.807) is 36.7 Å². The smallest absolute Gasteiger partial charge is 0.259 e. The predicted molar refractivity (Wildman–Crippen MR) is 86.4 cm³/mol. The average Bonchev–Trinajstić information content (AvgIpc) is 2.56. The van der Waals surface area contributed by atoms with Crippen LogP contribution >= 0.6 is 0 Å². The number of pyridine rings is 1. The number of hydrogen-bond donors (Lipinski definition) is 2. The number of nitrogens with zero attached hydrogens (tertiary/aromatic N) is 1. The number of carbonyl (C=O) groups is 1. The van der Waals surface area contributed by atoms with E-state index in [1.165, 1.54) is 0 Å². The molecule has 0 radical (unpaired) electrons. The molecule has 1 aromatic heterocycles. The monoisotopic (exact) mass is 290 g/mol. The molecule has 3 aromatic rings. The van der Waals surface area contributed by atoms with Gasteiger partial charge in [0.05, 0.1) is 5.56 Å². The van der Waals surface area contributed by atoms with Crippen molar-refractivity contribution in [3.63, 3.8) is 0 Å². The van der Waals surface area contributed by atoms with Gasteiger partial charge in [-0.2, -0.15) is 0 Å². The Morgan fingerprint density at radius 3 is 2.68 bits per heavy atom. The van der Waals surface area contributed by atoms with Crippen molar-refractivity contribution < 1.29 is 9.90 Å². The molecule has 0 spiro atoms. The van der Waals surface area contributed by atoms with Crippen molar-refractivity contribution in [1.82, 2.24) is 10.3 Å². The number of aromatic hydroxyl groups is 1. The summed E-state index contributed by atoms with van der Waals surface area (Å²) in [6, 6.07) is 16.6. The summed E-state index contributed by atoms with van der Waals surface area (Å²) in [7, 11) is 0. The Hall–Kier alpha value is -3.14. The lowest BCUT2D eigenvalue weighted by Gasteiger charge is -2.06. The largest absolute Gasteiger partial charge is 0.505 e. The lowest BCUT2D eigenvalue weighted by atomic mass is 10.1. The molecule has 1 heterocycles. The maximum atomic E-state index is 12.1. The highest BCUT2D eigenvalue weighted by atomic mass is 16.3. The molecular formula is C18H14N2O2. The Morgan fingerprint density at radius 2 is 1.86 bits per heavy atom. The lowest BCUT2D eigenvalue weighted by molar-refractivity contribution is 0.0968. The van der Waals surface area contributed by atoms with E-state index >= 15 is 0 Å². The molecule has 22 heavy (non-hydrogen) atoms. The third-order valence-electron chi connectivity index (χ3n) is 3.28. The van der Waals surface area contributed by atoms with Crippen molar-refractivity contribution in [1.29, 1.82) is 0 Å². The van der Waals surface area contributed by atoms with Crippen LogP contribution in [0.25, 0.3) is 17.0 Å². The number of phenolic OH excluding ortho intramolecular Hbond substituents is 1. The van der Waals surface area contributed by atoms with Crippen LogP contribution < -0.4 is 5.32 Å². The molecule has 3 rings (SSSR count). The molecular weight excluding hydrogens is 276 g/mol. The van der Waals surface area contributed by atoms with Gasteiger partial charge in [-0.05, 0) is 23.8 Å². The molecule has 0 bridgehead atoms. The van der Waals surface area contributed by atoms with E-state index in [-0.39, 0.29) is 17.2 Å². The quantitative estimate of drug-likeness (QED) is 0.777. The first kappa shape index (κ1) is 13.8. The Balaban J connectivity index is 1.81. The van der Waals surface area contributed by atoms with E-state index in [0.717, 1.165) is 10.9 Å². The molecule has 0 aliphatic rings. The van der Waals surface area contributed by atoms with Crippen LogP contribution in [-0.2, 0) is 0 Å². The van der Waals surface area contributed by atoms with Gasteiger partial charge in [0.25, 0.3) is 5.91 Å². The number of hydrogen-bond acceptors (Lipinski definition) is 3. The number of nitrogens with one attached hydrogen (secondary N) is 1. The van der Waals surface area contributed by atoms with Crippen molar-refractivity contribution in [3.8, 4) is 5.75 Å². The van der Waals surface area contributed by atoms with Crippen LogP contribution in [0.4, 0.5) is 0 Å².